The van der Waals surface area contributed by atoms with Crippen LogP contribution in [0, 0.1) is 0 Å². The van der Waals surface area contributed by atoms with Crippen molar-refractivity contribution < 1.29 is 5.11 Å². The third-order valence-corrected chi connectivity index (χ3v) is 4.26. The second-order valence-corrected chi connectivity index (χ2v) is 6.34. The lowest BCUT2D eigenvalue weighted by atomic mass is 10.1. The molecule has 2 atom stereocenters. The van der Waals surface area contributed by atoms with E-state index in [2.05, 4.69) is 30.8 Å². The second-order valence-electron chi connectivity index (χ2n) is 5.43. The van der Waals surface area contributed by atoms with E-state index in [1.54, 1.807) is 0 Å². The molecule has 0 spiro atoms. The lowest BCUT2D eigenvalue weighted by molar-refractivity contribution is 0.175. The van der Waals surface area contributed by atoms with E-state index >= 15 is 0 Å². The van der Waals surface area contributed by atoms with E-state index in [4.69, 9.17) is 0 Å². The molecule has 2 aromatic rings. The van der Waals surface area contributed by atoms with Crippen LogP contribution in [0.3, 0.4) is 0 Å². The Morgan fingerprint density at radius 3 is 3.15 bits per heavy atom. The molecule has 1 fully saturated rings. The van der Waals surface area contributed by atoms with Crippen LogP contribution < -0.4 is 4.90 Å². The van der Waals surface area contributed by atoms with Gasteiger partial charge in [0.25, 0.3) is 0 Å². The summed E-state index contributed by atoms with van der Waals surface area (Å²) in [6, 6.07) is 4.42. The predicted molar refractivity (Wildman–Crippen MR) is 83.9 cm³/mol. The van der Waals surface area contributed by atoms with Crippen LogP contribution in [0.15, 0.2) is 29.0 Å². The molecule has 2 aromatic heterocycles. The van der Waals surface area contributed by atoms with Crippen LogP contribution >= 0.6 is 15.9 Å². The van der Waals surface area contributed by atoms with Crippen LogP contribution in [-0.4, -0.2) is 33.8 Å². The van der Waals surface area contributed by atoms with Crippen LogP contribution in [0.1, 0.15) is 26.2 Å². The van der Waals surface area contributed by atoms with Crippen LogP contribution in [0.5, 0.6) is 0 Å². The Morgan fingerprint density at radius 2 is 2.35 bits per heavy atom. The Bertz CT molecular complexity index is 617. The molecule has 20 heavy (non-hydrogen) atoms. The Kier molecular flexibility index (Phi) is 3.89. The summed E-state index contributed by atoms with van der Waals surface area (Å²) in [5, 5.41) is 9.67. The zero-order valence-corrected chi connectivity index (χ0v) is 13.0. The summed E-state index contributed by atoms with van der Waals surface area (Å²) in [5.41, 5.74) is 2.97. The van der Waals surface area contributed by atoms with Crippen LogP contribution in [0.25, 0.3) is 11.0 Å². The first-order valence-electron chi connectivity index (χ1n) is 7.00. The molecule has 0 unspecified atom stereocenters. The molecule has 0 aromatic carbocycles. The maximum absolute atomic E-state index is 9.67. The van der Waals surface area contributed by atoms with Crippen LogP contribution in [0.2, 0.25) is 0 Å². The Hall–Kier alpha value is -1.20. The monoisotopic (exact) mass is 335 g/mol. The number of rotatable bonds is 3. The van der Waals surface area contributed by atoms with Crippen molar-refractivity contribution in [2.24, 2.45) is 0 Å². The van der Waals surface area contributed by atoms with E-state index in [0.717, 1.165) is 47.0 Å². The van der Waals surface area contributed by atoms with E-state index in [-0.39, 0.29) is 6.10 Å². The molecular formula is C15H18BrN3O. The lowest BCUT2D eigenvalue weighted by Crippen LogP contribution is -2.32. The summed E-state index contributed by atoms with van der Waals surface area (Å²) in [6.07, 6.45) is 6.48. The van der Waals surface area contributed by atoms with Gasteiger partial charge in [0, 0.05) is 29.5 Å². The SMILES string of the molecule is C[C@H](O)C[C@H]1CCCN1c1ccnc2cc(Br)cnc12. The molecular weight excluding hydrogens is 318 g/mol. The molecule has 0 bridgehead atoms. The fraction of sp³-hybridized carbons (Fsp3) is 0.467. The summed E-state index contributed by atoms with van der Waals surface area (Å²) < 4.78 is 0.941. The topological polar surface area (TPSA) is 49.2 Å². The second kappa shape index (κ2) is 5.66. The summed E-state index contributed by atoms with van der Waals surface area (Å²) >= 11 is 3.44. The largest absolute Gasteiger partial charge is 0.393 e. The van der Waals surface area contributed by atoms with Gasteiger partial charge < -0.3 is 10.0 Å². The van der Waals surface area contributed by atoms with Gasteiger partial charge in [0.05, 0.1) is 17.3 Å². The highest BCUT2D eigenvalue weighted by Gasteiger charge is 2.27. The predicted octanol–water partition coefficient (Wildman–Crippen LogP) is 3.13. The quantitative estimate of drug-likeness (QED) is 0.936. The minimum Gasteiger partial charge on any atom is -0.393 e. The molecule has 0 radical (unpaired) electrons. The highest BCUT2D eigenvalue weighted by molar-refractivity contribution is 9.10. The maximum atomic E-state index is 9.67. The molecule has 0 amide bonds. The van der Waals surface area contributed by atoms with Crippen molar-refractivity contribution in [2.45, 2.75) is 38.3 Å². The third kappa shape index (κ3) is 2.65. The van der Waals surface area contributed by atoms with E-state index in [0.29, 0.717) is 6.04 Å². The van der Waals surface area contributed by atoms with Crippen molar-refractivity contribution in [3.05, 3.63) is 29.0 Å². The first kappa shape index (κ1) is 13.8. The minimum atomic E-state index is -0.268. The number of hydrogen-bond acceptors (Lipinski definition) is 4. The fourth-order valence-electron chi connectivity index (χ4n) is 3.01. The molecule has 1 aliphatic heterocycles. The molecule has 1 N–H and O–H groups in total. The maximum Gasteiger partial charge on any atom is 0.112 e. The molecule has 106 valence electrons. The zero-order chi connectivity index (χ0) is 14.1. The average Bonchev–Trinajstić information content (AvgIpc) is 2.84. The standard InChI is InChI=1S/C15H18BrN3O/c1-10(20)7-12-3-2-6-19(12)14-4-5-17-13-8-11(16)9-18-15(13)14/h4-5,8-10,12,20H,2-3,6-7H2,1H3/t10-,12+/m0/s1. The van der Waals surface area contributed by atoms with Gasteiger partial charge in [-0.05, 0) is 54.2 Å². The van der Waals surface area contributed by atoms with Crippen molar-refractivity contribution in [1.29, 1.82) is 0 Å². The molecule has 1 aliphatic rings. The van der Waals surface area contributed by atoms with Gasteiger partial charge in [0.2, 0.25) is 0 Å². The zero-order valence-electron chi connectivity index (χ0n) is 11.5. The summed E-state index contributed by atoms with van der Waals surface area (Å²) in [4.78, 5) is 11.3. The smallest absolute Gasteiger partial charge is 0.112 e. The van der Waals surface area contributed by atoms with Gasteiger partial charge in [-0.2, -0.15) is 0 Å². The number of aromatic nitrogens is 2. The van der Waals surface area contributed by atoms with Crippen molar-refractivity contribution in [1.82, 2.24) is 9.97 Å². The van der Waals surface area contributed by atoms with Crippen molar-refractivity contribution in [3.8, 4) is 0 Å². The van der Waals surface area contributed by atoms with E-state index < -0.39 is 0 Å². The highest BCUT2D eigenvalue weighted by Crippen LogP contribution is 2.32. The summed E-state index contributed by atoms with van der Waals surface area (Å²) in [7, 11) is 0. The first-order chi connectivity index (χ1) is 9.65. The van der Waals surface area contributed by atoms with E-state index in [1.165, 1.54) is 0 Å². The number of aliphatic hydroxyl groups is 1. The molecule has 5 heteroatoms. The molecule has 3 rings (SSSR count). The number of pyridine rings is 2. The average molecular weight is 336 g/mol. The summed E-state index contributed by atoms with van der Waals surface area (Å²) in [6.45, 7) is 2.88. The molecule has 0 saturated carbocycles. The highest BCUT2D eigenvalue weighted by atomic mass is 79.9. The van der Waals surface area contributed by atoms with Gasteiger partial charge in [-0.3, -0.25) is 9.97 Å². The number of halogens is 1. The molecule has 1 saturated heterocycles. The first-order valence-corrected chi connectivity index (χ1v) is 7.79. The Balaban J connectivity index is 2.01. The molecule has 0 aliphatic carbocycles. The fourth-order valence-corrected chi connectivity index (χ4v) is 3.33. The molecule has 4 nitrogen and oxygen atoms in total. The number of nitrogens with zero attached hydrogens (tertiary/aromatic N) is 3. The third-order valence-electron chi connectivity index (χ3n) is 3.82. The van der Waals surface area contributed by atoms with Gasteiger partial charge in [-0.25, -0.2) is 0 Å². The lowest BCUT2D eigenvalue weighted by Gasteiger charge is -2.28. The number of fused-ring (bicyclic) bond motifs is 1. The van der Waals surface area contributed by atoms with Crippen LogP contribution in [0.4, 0.5) is 5.69 Å². The Morgan fingerprint density at radius 1 is 1.50 bits per heavy atom. The minimum absolute atomic E-state index is 0.268. The Labute approximate surface area is 127 Å². The van der Waals surface area contributed by atoms with Crippen molar-refractivity contribution in [2.75, 3.05) is 11.4 Å². The normalized spacial score (nSPS) is 20.6. The van der Waals surface area contributed by atoms with Gasteiger partial charge in [-0.1, -0.05) is 0 Å². The van der Waals surface area contributed by atoms with Gasteiger partial charge in [0.15, 0.2) is 0 Å². The summed E-state index contributed by atoms with van der Waals surface area (Å²) in [5.74, 6) is 0. The van der Waals surface area contributed by atoms with E-state index in [9.17, 15) is 5.11 Å². The van der Waals surface area contributed by atoms with Gasteiger partial charge in [-0.15, -0.1) is 0 Å². The van der Waals surface area contributed by atoms with Crippen molar-refractivity contribution in [3.63, 3.8) is 0 Å². The van der Waals surface area contributed by atoms with Crippen molar-refractivity contribution >= 4 is 32.7 Å². The van der Waals surface area contributed by atoms with Gasteiger partial charge >= 0.3 is 0 Å². The van der Waals surface area contributed by atoms with Gasteiger partial charge in [0.1, 0.15) is 5.52 Å². The number of hydrogen-bond donors (Lipinski definition) is 1. The van der Waals surface area contributed by atoms with Crippen LogP contribution in [-0.2, 0) is 0 Å². The number of anilines is 1. The number of aliphatic hydroxyl groups excluding tert-OH is 1. The molecule has 3 heterocycles. The van der Waals surface area contributed by atoms with E-state index in [1.807, 2.05) is 31.5 Å².